The smallest absolute Gasteiger partial charge is 0.0833 e. The Bertz CT molecular complexity index is 154. The Hall–Kier alpha value is -0.240. The fourth-order valence-corrected chi connectivity index (χ4v) is 1.59. The number of aliphatic hydroxyl groups is 1. The number of hydrogen-bond acceptors (Lipinski definition) is 4. The number of nitrogens with zero attached hydrogens (tertiary/aromatic N) is 1. The summed E-state index contributed by atoms with van der Waals surface area (Å²) < 4.78 is 0. The molecule has 0 heterocycles. The summed E-state index contributed by atoms with van der Waals surface area (Å²) >= 11 is 1.62. The Morgan fingerprint density at radius 3 is 2.83 bits per heavy atom. The first kappa shape index (κ1) is 11.8. The van der Waals surface area contributed by atoms with Gasteiger partial charge in [0.05, 0.1) is 11.7 Å². The zero-order chi connectivity index (χ0) is 9.45. The summed E-state index contributed by atoms with van der Waals surface area (Å²) in [5.74, 6) is 0.715. The predicted molar refractivity (Wildman–Crippen MR) is 52.1 cm³/mol. The molecule has 0 amide bonds. The van der Waals surface area contributed by atoms with Crippen molar-refractivity contribution in [2.45, 2.75) is 18.9 Å². The highest BCUT2D eigenvalue weighted by molar-refractivity contribution is 7.98. The topological polar surface area (TPSA) is 56.0 Å². The van der Waals surface area contributed by atoms with E-state index in [4.69, 9.17) is 5.26 Å². The van der Waals surface area contributed by atoms with Crippen molar-refractivity contribution in [1.82, 2.24) is 5.32 Å². The number of nitrogens with one attached hydrogen (secondary N) is 1. The van der Waals surface area contributed by atoms with Gasteiger partial charge in [0.1, 0.15) is 0 Å². The summed E-state index contributed by atoms with van der Waals surface area (Å²) in [5.41, 5.74) is -0.658. The zero-order valence-corrected chi connectivity index (χ0v) is 8.45. The Labute approximate surface area is 78.2 Å². The third kappa shape index (κ3) is 6.47. The van der Waals surface area contributed by atoms with Gasteiger partial charge in [-0.2, -0.15) is 17.0 Å². The largest absolute Gasteiger partial charge is 0.388 e. The quantitative estimate of drug-likeness (QED) is 0.599. The number of rotatable bonds is 6. The molecule has 0 radical (unpaired) electrons. The van der Waals surface area contributed by atoms with Crippen LogP contribution in [0.1, 0.15) is 13.3 Å². The molecule has 1 unspecified atom stereocenters. The molecular formula is C8H16N2OS. The van der Waals surface area contributed by atoms with Gasteiger partial charge in [-0.3, -0.25) is 0 Å². The fraction of sp³-hybridized carbons (Fsp3) is 0.875. The average Bonchev–Trinajstić information content (AvgIpc) is 1.98. The van der Waals surface area contributed by atoms with Crippen LogP contribution in [0.3, 0.4) is 0 Å². The number of hydrogen-bond donors (Lipinski definition) is 2. The van der Waals surface area contributed by atoms with Crippen LogP contribution in [0.2, 0.25) is 0 Å². The van der Waals surface area contributed by atoms with Crippen molar-refractivity contribution in [3.8, 4) is 6.07 Å². The van der Waals surface area contributed by atoms with Crippen molar-refractivity contribution < 1.29 is 5.11 Å². The first-order valence-corrected chi connectivity index (χ1v) is 5.31. The SMILES string of the molecule is CSCC(C)(O)CNCCC#N. The Morgan fingerprint density at radius 1 is 1.67 bits per heavy atom. The standard InChI is InChI=1S/C8H16N2OS/c1-8(11,7-12-2)6-10-5-3-4-9/h10-11H,3,5-7H2,1-2H3. The minimum atomic E-state index is -0.658. The maximum atomic E-state index is 9.65. The summed E-state index contributed by atoms with van der Waals surface area (Å²) in [6.07, 6.45) is 2.46. The van der Waals surface area contributed by atoms with Crippen LogP contribution in [0.25, 0.3) is 0 Å². The molecule has 1 atom stereocenters. The Kier molecular flexibility index (Phi) is 6.17. The molecule has 0 aliphatic rings. The van der Waals surface area contributed by atoms with Crippen molar-refractivity contribution in [3.05, 3.63) is 0 Å². The van der Waals surface area contributed by atoms with Crippen LogP contribution >= 0.6 is 11.8 Å². The van der Waals surface area contributed by atoms with Crippen molar-refractivity contribution >= 4 is 11.8 Å². The van der Waals surface area contributed by atoms with Crippen molar-refractivity contribution in [2.75, 3.05) is 25.1 Å². The van der Waals surface area contributed by atoms with Crippen molar-refractivity contribution in [1.29, 1.82) is 5.26 Å². The van der Waals surface area contributed by atoms with E-state index in [9.17, 15) is 5.11 Å². The van der Waals surface area contributed by atoms with Crippen molar-refractivity contribution in [2.24, 2.45) is 0 Å². The van der Waals surface area contributed by atoms with E-state index in [0.717, 1.165) is 0 Å². The summed E-state index contributed by atoms with van der Waals surface area (Å²) in [4.78, 5) is 0. The zero-order valence-electron chi connectivity index (χ0n) is 7.63. The summed E-state index contributed by atoms with van der Waals surface area (Å²) in [6.45, 7) is 3.00. The number of thioether (sulfide) groups is 1. The Morgan fingerprint density at radius 2 is 2.33 bits per heavy atom. The monoisotopic (exact) mass is 188 g/mol. The molecule has 0 spiro atoms. The van der Waals surface area contributed by atoms with Gasteiger partial charge in [0, 0.05) is 25.3 Å². The normalized spacial score (nSPS) is 15.2. The maximum absolute atomic E-state index is 9.65. The second kappa shape index (κ2) is 6.30. The lowest BCUT2D eigenvalue weighted by atomic mass is 10.1. The van der Waals surface area contributed by atoms with Gasteiger partial charge in [0.15, 0.2) is 0 Å². The molecular weight excluding hydrogens is 172 g/mol. The maximum Gasteiger partial charge on any atom is 0.0833 e. The molecule has 0 aromatic rings. The molecule has 0 aromatic carbocycles. The third-order valence-electron chi connectivity index (χ3n) is 1.37. The van der Waals surface area contributed by atoms with Gasteiger partial charge in [-0.1, -0.05) is 0 Å². The number of nitriles is 1. The van der Waals surface area contributed by atoms with Crippen LogP contribution in [-0.2, 0) is 0 Å². The molecule has 70 valence electrons. The molecule has 4 heteroatoms. The first-order chi connectivity index (χ1) is 5.62. The fourth-order valence-electron chi connectivity index (χ4n) is 0.864. The van der Waals surface area contributed by atoms with Crippen LogP contribution in [-0.4, -0.2) is 35.8 Å². The summed E-state index contributed by atoms with van der Waals surface area (Å²) in [5, 5.41) is 20.9. The lowest BCUT2D eigenvalue weighted by Gasteiger charge is -2.22. The van der Waals surface area contributed by atoms with Crippen molar-refractivity contribution in [3.63, 3.8) is 0 Å². The predicted octanol–water partition coefficient (Wildman–Crippen LogP) is 0.604. The van der Waals surface area contributed by atoms with Crippen LogP contribution in [0.4, 0.5) is 0 Å². The van der Waals surface area contributed by atoms with Gasteiger partial charge >= 0.3 is 0 Å². The van der Waals surface area contributed by atoms with Crippen LogP contribution in [0.5, 0.6) is 0 Å². The first-order valence-electron chi connectivity index (χ1n) is 3.91. The average molecular weight is 188 g/mol. The summed E-state index contributed by atoms with van der Waals surface area (Å²) in [7, 11) is 0. The highest BCUT2D eigenvalue weighted by Crippen LogP contribution is 2.08. The highest BCUT2D eigenvalue weighted by atomic mass is 32.2. The minimum absolute atomic E-state index is 0.495. The van der Waals surface area contributed by atoms with Gasteiger partial charge in [-0.05, 0) is 13.2 Å². The minimum Gasteiger partial charge on any atom is -0.388 e. The van der Waals surface area contributed by atoms with Gasteiger partial charge in [-0.25, -0.2) is 0 Å². The van der Waals surface area contributed by atoms with Gasteiger partial charge in [-0.15, -0.1) is 0 Å². The molecule has 0 saturated carbocycles. The Balaban J connectivity index is 3.41. The van der Waals surface area contributed by atoms with Crippen LogP contribution in [0.15, 0.2) is 0 Å². The van der Waals surface area contributed by atoms with E-state index in [0.29, 0.717) is 25.3 Å². The van der Waals surface area contributed by atoms with E-state index in [-0.39, 0.29) is 0 Å². The third-order valence-corrected chi connectivity index (χ3v) is 2.29. The molecule has 0 bridgehead atoms. The van der Waals surface area contributed by atoms with Gasteiger partial charge in [0.25, 0.3) is 0 Å². The van der Waals surface area contributed by atoms with E-state index in [1.165, 1.54) is 0 Å². The van der Waals surface area contributed by atoms with Crippen LogP contribution < -0.4 is 5.32 Å². The molecule has 12 heavy (non-hydrogen) atoms. The van der Waals surface area contributed by atoms with Crippen LogP contribution in [0, 0.1) is 11.3 Å². The molecule has 0 saturated heterocycles. The molecule has 0 aliphatic heterocycles. The van der Waals surface area contributed by atoms with E-state index in [1.807, 2.05) is 12.3 Å². The molecule has 0 aromatic heterocycles. The molecule has 0 rings (SSSR count). The molecule has 0 fully saturated rings. The molecule has 0 aliphatic carbocycles. The second-order valence-electron chi connectivity index (χ2n) is 3.01. The highest BCUT2D eigenvalue weighted by Gasteiger charge is 2.18. The van der Waals surface area contributed by atoms with E-state index >= 15 is 0 Å². The van der Waals surface area contributed by atoms with Gasteiger partial charge in [0.2, 0.25) is 0 Å². The lowest BCUT2D eigenvalue weighted by Crippen LogP contribution is -2.40. The van der Waals surface area contributed by atoms with E-state index in [1.54, 1.807) is 18.7 Å². The summed E-state index contributed by atoms with van der Waals surface area (Å²) in [6, 6.07) is 2.04. The van der Waals surface area contributed by atoms with E-state index in [2.05, 4.69) is 5.32 Å². The molecule has 3 nitrogen and oxygen atoms in total. The van der Waals surface area contributed by atoms with E-state index < -0.39 is 5.60 Å². The molecule has 2 N–H and O–H groups in total. The second-order valence-corrected chi connectivity index (χ2v) is 3.88. The lowest BCUT2D eigenvalue weighted by molar-refractivity contribution is 0.0853. The van der Waals surface area contributed by atoms with Gasteiger partial charge < -0.3 is 10.4 Å².